The minimum Gasteiger partial charge on any atom is -0.238 e. The lowest BCUT2D eigenvalue weighted by atomic mass is 10.2. The minimum atomic E-state index is 0.744. The van der Waals surface area contributed by atoms with Crippen LogP contribution in [0.5, 0.6) is 0 Å². The first-order chi connectivity index (χ1) is 7.74. The summed E-state index contributed by atoms with van der Waals surface area (Å²) < 4.78 is 1.98. The number of hydrogen-bond donors (Lipinski definition) is 0. The number of rotatable bonds is 3. The molecule has 0 radical (unpaired) electrons. The molecule has 0 aliphatic heterocycles. The summed E-state index contributed by atoms with van der Waals surface area (Å²) in [5, 5.41) is 5.31. The van der Waals surface area contributed by atoms with E-state index in [4.69, 9.17) is 11.6 Å². The Balaban J connectivity index is 2.50. The van der Waals surface area contributed by atoms with Crippen molar-refractivity contribution in [3.63, 3.8) is 0 Å². The van der Waals surface area contributed by atoms with E-state index in [1.54, 1.807) is 0 Å². The van der Waals surface area contributed by atoms with Crippen LogP contribution in [0.4, 0.5) is 0 Å². The highest BCUT2D eigenvalue weighted by Crippen LogP contribution is 2.17. The first-order valence-electron chi connectivity index (χ1n) is 5.58. The van der Waals surface area contributed by atoms with Crippen LogP contribution in [0.15, 0.2) is 30.3 Å². The molecule has 1 aromatic heterocycles. The molecule has 16 heavy (non-hydrogen) atoms. The van der Waals surface area contributed by atoms with E-state index < -0.39 is 0 Å². The maximum absolute atomic E-state index is 5.99. The molecule has 0 unspecified atom stereocenters. The average Bonchev–Trinajstić information content (AvgIpc) is 2.72. The number of aromatic nitrogens is 2. The Morgan fingerprint density at radius 1 is 1.19 bits per heavy atom. The molecule has 0 bridgehead atoms. The summed E-state index contributed by atoms with van der Waals surface area (Å²) in [7, 11) is 0. The second-order valence-corrected chi connectivity index (χ2v) is 4.16. The highest BCUT2D eigenvalue weighted by Gasteiger charge is 2.07. The second kappa shape index (κ2) is 4.71. The van der Waals surface area contributed by atoms with Crippen LogP contribution in [-0.2, 0) is 12.8 Å². The highest BCUT2D eigenvalue weighted by atomic mass is 35.5. The number of hydrogen-bond acceptors (Lipinski definition) is 1. The molecule has 3 heteroatoms. The van der Waals surface area contributed by atoms with Gasteiger partial charge in [-0.3, -0.25) is 0 Å². The molecule has 0 spiro atoms. The van der Waals surface area contributed by atoms with E-state index >= 15 is 0 Å². The van der Waals surface area contributed by atoms with E-state index in [1.165, 1.54) is 5.69 Å². The minimum absolute atomic E-state index is 0.744. The first kappa shape index (κ1) is 11.2. The molecular weight excluding hydrogens is 220 g/mol. The smallest absolute Gasteiger partial charge is 0.0663 e. The largest absolute Gasteiger partial charge is 0.238 e. The Morgan fingerprint density at radius 3 is 2.62 bits per heavy atom. The Labute approximate surface area is 101 Å². The molecule has 0 amide bonds. The lowest BCUT2D eigenvalue weighted by molar-refractivity contribution is 0.794. The van der Waals surface area contributed by atoms with Crippen LogP contribution in [0.3, 0.4) is 0 Å². The van der Waals surface area contributed by atoms with E-state index in [0.717, 1.165) is 29.2 Å². The predicted octanol–water partition coefficient (Wildman–Crippen LogP) is 3.65. The summed E-state index contributed by atoms with van der Waals surface area (Å²) in [4.78, 5) is 0. The van der Waals surface area contributed by atoms with Crippen LogP contribution >= 0.6 is 11.6 Å². The summed E-state index contributed by atoms with van der Waals surface area (Å²) >= 11 is 5.99. The van der Waals surface area contributed by atoms with Crippen molar-refractivity contribution in [2.45, 2.75) is 26.7 Å². The van der Waals surface area contributed by atoms with E-state index in [9.17, 15) is 0 Å². The van der Waals surface area contributed by atoms with Crippen molar-refractivity contribution in [1.82, 2.24) is 9.78 Å². The van der Waals surface area contributed by atoms with Gasteiger partial charge < -0.3 is 0 Å². The Hall–Kier alpha value is -1.28. The molecule has 0 atom stereocenters. The van der Waals surface area contributed by atoms with Gasteiger partial charge in [0.15, 0.2) is 0 Å². The van der Waals surface area contributed by atoms with Crippen LogP contribution in [0.1, 0.15) is 25.2 Å². The van der Waals surface area contributed by atoms with Crippen LogP contribution < -0.4 is 0 Å². The Morgan fingerprint density at radius 2 is 2.00 bits per heavy atom. The van der Waals surface area contributed by atoms with Crippen LogP contribution in [0.2, 0.25) is 5.02 Å². The molecule has 0 aliphatic rings. The fourth-order valence-electron chi connectivity index (χ4n) is 1.73. The van der Waals surface area contributed by atoms with Gasteiger partial charge in [0.05, 0.1) is 11.4 Å². The van der Waals surface area contributed by atoms with Gasteiger partial charge in [-0.1, -0.05) is 31.5 Å². The van der Waals surface area contributed by atoms with Crippen LogP contribution in [-0.4, -0.2) is 9.78 Å². The SMILES string of the molecule is CCc1cc(CC)n(-c2cccc(Cl)c2)n1. The van der Waals surface area contributed by atoms with Gasteiger partial charge in [0.1, 0.15) is 0 Å². The molecule has 1 heterocycles. The second-order valence-electron chi connectivity index (χ2n) is 3.73. The lowest BCUT2D eigenvalue weighted by Crippen LogP contribution is -2.01. The zero-order chi connectivity index (χ0) is 11.5. The molecule has 2 nitrogen and oxygen atoms in total. The molecule has 2 rings (SSSR count). The fourth-order valence-corrected chi connectivity index (χ4v) is 1.92. The number of aryl methyl sites for hydroxylation is 2. The third-order valence-corrected chi connectivity index (χ3v) is 2.85. The molecule has 1 aromatic carbocycles. The first-order valence-corrected chi connectivity index (χ1v) is 5.96. The molecule has 2 aromatic rings. The Kier molecular flexibility index (Phi) is 3.30. The predicted molar refractivity (Wildman–Crippen MR) is 67.3 cm³/mol. The highest BCUT2D eigenvalue weighted by molar-refractivity contribution is 6.30. The molecule has 84 valence electrons. The lowest BCUT2D eigenvalue weighted by Gasteiger charge is -2.05. The van der Waals surface area contributed by atoms with Crippen LogP contribution in [0.25, 0.3) is 5.69 Å². The molecule has 0 saturated heterocycles. The van der Waals surface area contributed by atoms with Gasteiger partial charge in [-0.2, -0.15) is 5.10 Å². The van der Waals surface area contributed by atoms with Crippen molar-refractivity contribution in [2.75, 3.05) is 0 Å². The van der Waals surface area contributed by atoms with Crippen molar-refractivity contribution in [2.24, 2.45) is 0 Å². The van der Waals surface area contributed by atoms with E-state index in [1.807, 2.05) is 28.9 Å². The summed E-state index contributed by atoms with van der Waals surface area (Å²) in [6.07, 6.45) is 1.93. The normalized spacial score (nSPS) is 10.7. The fraction of sp³-hybridized carbons (Fsp3) is 0.308. The van der Waals surface area contributed by atoms with Crippen molar-refractivity contribution in [1.29, 1.82) is 0 Å². The van der Waals surface area contributed by atoms with E-state index in [2.05, 4.69) is 25.0 Å². The third-order valence-electron chi connectivity index (χ3n) is 2.61. The van der Waals surface area contributed by atoms with Gasteiger partial charge >= 0.3 is 0 Å². The standard InChI is InChI=1S/C13H15ClN2/c1-3-11-9-12(4-2)16(15-11)13-7-5-6-10(14)8-13/h5-9H,3-4H2,1-2H3. The maximum atomic E-state index is 5.99. The average molecular weight is 235 g/mol. The molecule has 0 fully saturated rings. The zero-order valence-electron chi connectivity index (χ0n) is 9.57. The van der Waals surface area contributed by atoms with Crippen molar-refractivity contribution in [3.8, 4) is 5.69 Å². The molecule has 0 aliphatic carbocycles. The van der Waals surface area contributed by atoms with Crippen molar-refractivity contribution in [3.05, 3.63) is 46.7 Å². The van der Waals surface area contributed by atoms with E-state index in [-0.39, 0.29) is 0 Å². The number of halogens is 1. The maximum Gasteiger partial charge on any atom is 0.0663 e. The van der Waals surface area contributed by atoms with Gasteiger partial charge in [-0.15, -0.1) is 0 Å². The van der Waals surface area contributed by atoms with Gasteiger partial charge in [0, 0.05) is 10.7 Å². The van der Waals surface area contributed by atoms with Crippen LogP contribution in [0, 0.1) is 0 Å². The van der Waals surface area contributed by atoms with Crippen molar-refractivity contribution < 1.29 is 0 Å². The van der Waals surface area contributed by atoms with Gasteiger partial charge in [-0.25, -0.2) is 4.68 Å². The summed E-state index contributed by atoms with van der Waals surface area (Å²) in [6, 6.07) is 9.94. The number of benzene rings is 1. The topological polar surface area (TPSA) is 17.8 Å². The molecular formula is C13H15ClN2. The Bertz CT molecular complexity index is 488. The molecule has 0 saturated carbocycles. The number of nitrogens with zero attached hydrogens (tertiary/aromatic N) is 2. The zero-order valence-corrected chi connectivity index (χ0v) is 10.3. The third kappa shape index (κ3) is 2.12. The van der Waals surface area contributed by atoms with Gasteiger partial charge in [0.2, 0.25) is 0 Å². The summed E-state index contributed by atoms with van der Waals surface area (Å²) in [6.45, 7) is 4.25. The summed E-state index contributed by atoms with van der Waals surface area (Å²) in [5.41, 5.74) is 3.37. The van der Waals surface area contributed by atoms with Crippen molar-refractivity contribution >= 4 is 11.6 Å². The quantitative estimate of drug-likeness (QED) is 0.793. The van der Waals surface area contributed by atoms with Gasteiger partial charge in [0.25, 0.3) is 0 Å². The van der Waals surface area contributed by atoms with E-state index in [0.29, 0.717) is 0 Å². The monoisotopic (exact) mass is 234 g/mol. The van der Waals surface area contributed by atoms with Gasteiger partial charge in [-0.05, 0) is 37.1 Å². The summed E-state index contributed by atoms with van der Waals surface area (Å²) in [5.74, 6) is 0. The molecule has 0 N–H and O–H groups in total.